The van der Waals surface area contributed by atoms with Gasteiger partial charge in [0.2, 0.25) is 0 Å². The molecule has 0 radical (unpaired) electrons. The van der Waals surface area contributed by atoms with E-state index >= 15 is 0 Å². The van der Waals surface area contributed by atoms with Crippen LogP contribution >= 0.6 is 0 Å². The second kappa shape index (κ2) is 5.62. The summed E-state index contributed by atoms with van der Waals surface area (Å²) in [4.78, 5) is 12.3. The molecule has 0 N–H and O–H groups in total. The number of hydrogen-bond acceptors (Lipinski definition) is 2. The lowest BCUT2D eigenvalue weighted by Gasteiger charge is -2.37. The fourth-order valence-corrected chi connectivity index (χ4v) is 2.57. The highest BCUT2D eigenvalue weighted by molar-refractivity contribution is 5.89. The predicted octanol–water partition coefficient (Wildman–Crippen LogP) is 3.51. The first-order chi connectivity index (χ1) is 7.54. The van der Waals surface area contributed by atoms with E-state index in [4.69, 9.17) is 4.74 Å². The zero-order valence-corrected chi connectivity index (χ0v) is 10.8. The summed E-state index contributed by atoms with van der Waals surface area (Å²) in [6, 6.07) is 0. The SMILES string of the molecule is C=C(CC)CC(=O)C1(OC)CCCC(C)C1. The van der Waals surface area contributed by atoms with E-state index in [1.807, 2.05) is 6.92 Å². The van der Waals surface area contributed by atoms with E-state index in [0.717, 1.165) is 31.3 Å². The van der Waals surface area contributed by atoms with Crippen molar-refractivity contribution < 1.29 is 9.53 Å². The van der Waals surface area contributed by atoms with Crippen LogP contribution in [0.3, 0.4) is 0 Å². The molecule has 2 heteroatoms. The molecule has 1 aliphatic rings. The van der Waals surface area contributed by atoms with Gasteiger partial charge in [-0.1, -0.05) is 32.4 Å². The number of allylic oxidation sites excluding steroid dienone is 1. The Hall–Kier alpha value is -0.630. The van der Waals surface area contributed by atoms with Gasteiger partial charge in [0.05, 0.1) is 0 Å². The fourth-order valence-electron chi connectivity index (χ4n) is 2.57. The van der Waals surface area contributed by atoms with Crippen LogP contribution < -0.4 is 0 Å². The Morgan fingerprint density at radius 2 is 2.25 bits per heavy atom. The van der Waals surface area contributed by atoms with E-state index in [0.29, 0.717) is 12.3 Å². The number of Topliss-reactive ketones (excluding diaryl/α,β-unsaturated/α-hetero) is 1. The number of methoxy groups -OCH3 is 1. The zero-order valence-electron chi connectivity index (χ0n) is 10.8. The molecule has 92 valence electrons. The van der Waals surface area contributed by atoms with Crippen molar-refractivity contribution in [2.24, 2.45) is 5.92 Å². The summed E-state index contributed by atoms with van der Waals surface area (Å²) in [5, 5.41) is 0. The zero-order chi connectivity index (χ0) is 12.2. The van der Waals surface area contributed by atoms with Gasteiger partial charge in [0.15, 0.2) is 5.78 Å². The van der Waals surface area contributed by atoms with Crippen LogP contribution in [0, 0.1) is 5.92 Å². The lowest BCUT2D eigenvalue weighted by atomic mass is 9.75. The number of carbonyl (C=O) groups is 1. The molecule has 1 rings (SSSR count). The highest BCUT2D eigenvalue weighted by Crippen LogP contribution is 2.36. The predicted molar refractivity (Wildman–Crippen MR) is 66.4 cm³/mol. The summed E-state index contributed by atoms with van der Waals surface area (Å²) in [6.45, 7) is 8.16. The van der Waals surface area contributed by atoms with Gasteiger partial charge in [0, 0.05) is 13.5 Å². The van der Waals surface area contributed by atoms with Crippen molar-refractivity contribution in [3.05, 3.63) is 12.2 Å². The lowest BCUT2D eigenvalue weighted by Crippen LogP contribution is -2.44. The molecule has 0 aromatic rings. The van der Waals surface area contributed by atoms with Crippen LogP contribution in [0.4, 0.5) is 0 Å². The van der Waals surface area contributed by atoms with E-state index in [1.54, 1.807) is 7.11 Å². The molecule has 0 aromatic carbocycles. The minimum absolute atomic E-state index is 0.230. The maximum atomic E-state index is 12.3. The molecule has 0 heterocycles. The smallest absolute Gasteiger partial charge is 0.168 e. The number of carbonyl (C=O) groups excluding carboxylic acids is 1. The molecule has 0 aromatic heterocycles. The summed E-state index contributed by atoms with van der Waals surface area (Å²) in [5.41, 5.74) is 0.495. The van der Waals surface area contributed by atoms with Crippen molar-refractivity contribution >= 4 is 5.78 Å². The first-order valence-corrected chi connectivity index (χ1v) is 6.29. The highest BCUT2D eigenvalue weighted by atomic mass is 16.5. The number of ether oxygens (including phenoxy) is 1. The Labute approximate surface area is 99.1 Å². The molecule has 2 unspecified atom stereocenters. The number of ketones is 1. The van der Waals surface area contributed by atoms with E-state index in [2.05, 4.69) is 13.5 Å². The van der Waals surface area contributed by atoms with Crippen LogP contribution in [0.5, 0.6) is 0 Å². The normalized spacial score (nSPS) is 30.1. The summed E-state index contributed by atoms with van der Waals surface area (Å²) < 4.78 is 5.57. The van der Waals surface area contributed by atoms with Crippen molar-refractivity contribution in [2.75, 3.05) is 7.11 Å². The van der Waals surface area contributed by atoms with Gasteiger partial charge in [0.25, 0.3) is 0 Å². The van der Waals surface area contributed by atoms with Crippen LogP contribution in [0.1, 0.15) is 52.4 Å². The lowest BCUT2D eigenvalue weighted by molar-refractivity contribution is -0.146. The van der Waals surface area contributed by atoms with Gasteiger partial charge < -0.3 is 4.74 Å². The number of rotatable bonds is 5. The molecule has 16 heavy (non-hydrogen) atoms. The Kier molecular flexibility index (Phi) is 4.72. The topological polar surface area (TPSA) is 26.3 Å². The third-order valence-electron chi connectivity index (χ3n) is 3.77. The van der Waals surface area contributed by atoms with Gasteiger partial charge >= 0.3 is 0 Å². The summed E-state index contributed by atoms with van der Waals surface area (Å²) in [7, 11) is 1.67. The van der Waals surface area contributed by atoms with Gasteiger partial charge in [-0.15, -0.1) is 0 Å². The number of hydrogen-bond donors (Lipinski definition) is 0. The Morgan fingerprint density at radius 1 is 1.56 bits per heavy atom. The van der Waals surface area contributed by atoms with Crippen LogP contribution in [-0.2, 0) is 9.53 Å². The van der Waals surface area contributed by atoms with E-state index in [1.165, 1.54) is 6.42 Å². The molecule has 0 saturated heterocycles. The first-order valence-electron chi connectivity index (χ1n) is 6.29. The molecular formula is C14H24O2. The van der Waals surface area contributed by atoms with Crippen LogP contribution in [-0.4, -0.2) is 18.5 Å². The van der Waals surface area contributed by atoms with Crippen molar-refractivity contribution in [3.63, 3.8) is 0 Å². The van der Waals surface area contributed by atoms with Gasteiger partial charge in [-0.25, -0.2) is 0 Å². The quantitative estimate of drug-likeness (QED) is 0.668. The third-order valence-corrected chi connectivity index (χ3v) is 3.77. The van der Waals surface area contributed by atoms with Crippen molar-refractivity contribution in [2.45, 2.75) is 58.0 Å². The summed E-state index contributed by atoms with van der Waals surface area (Å²) in [6.07, 6.45) is 5.42. The average molecular weight is 224 g/mol. The Morgan fingerprint density at radius 3 is 2.75 bits per heavy atom. The van der Waals surface area contributed by atoms with Gasteiger partial charge in [-0.2, -0.15) is 0 Å². The van der Waals surface area contributed by atoms with E-state index in [-0.39, 0.29) is 5.78 Å². The molecule has 1 fully saturated rings. The Balaban J connectivity index is 2.71. The van der Waals surface area contributed by atoms with E-state index in [9.17, 15) is 4.79 Å². The molecule has 0 spiro atoms. The summed E-state index contributed by atoms with van der Waals surface area (Å²) >= 11 is 0. The molecule has 2 nitrogen and oxygen atoms in total. The monoisotopic (exact) mass is 224 g/mol. The minimum atomic E-state index is -0.518. The van der Waals surface area contributed by atoms with Crippen molar-refractivity contribution in [3.8, 4) is 0 Å². The van der Waals surface area contributed by atoms with Crippen LogP contribution in [0.25, 0.3) is 0 Å². The highest BCUT2D eigenvalue weighted by Gasteiger charge is 2.41. The Bertz CT molecular complexity index is 270. The second-order valence-electron chi connectivity index (χ2n) is 5.10. The fraction of sp³-hybridized carbons (Fsp3) is 0.786. The van der Waals surface area contributed by atoms with Crippen molar-refractivity contribution in [1.29, 1.82) is 0 Å². The molecule has 0 amide bonds. The van der Waals surface area contributed by atoms with Crippen LogP contribution in [0.2, 0.25) is 0 Å². The first kappa shape index (κ1) is 13.4. The standard InChI is InChI=1S/C14H24O2/c1-5-11(2)9-13(15)14(16-4)8-6-7-12(3)10-14/h12H,2,5-10H2,1,3-4H3. The molecule has 2 atom stereocenters. The van der Waals surface area contributed by atoms with Crippen LogP contribution in [0.15, 0.2) is 12.2 Å². The summed E-state index contributed by atoms with van der Waals surface area (Å²) in [5.74, 6) is 0.820. The maximum absolute atomic E-state index is 12.3. The van der Waals surface area contributed by atoms with Crippen molar-refractivity contribution in [1.82, 2.24) is 0 Å². The molecule has 1 aliphatic carbocycles. The third kappa shape index (κ3) is 2.94. The molecule has 1 saturated carbocycles. The minimum Gasteiger partial charge on any atom is -0.370 e. The molecule has 0 bridgehead atoms. The largest absolute Gasteiger partial charge is 0.370 e. The molecule has 0 aliphatic heterocycles. The average Bonchev–Trinajstić information content (AvgIpc) is 2.28. The van der Waals surface area contributed by atoms with Gasteiger partial charge in [-0.05, 0) is 31.6 Å². The van der Waals surface area contributed by atoms with Gasteiger partial charge in [0.1, 0.15) is 5.60 Å². The molecular weight excluding hydrogens is 200 g/mol. The van der Waals surface area contributed by atoms with E-state index < -0.39 is 5.60 Å². The maximum Gasteiger partial charge on any atom is 0.168 e. The van der Waals surface area contributed by atoms with Gasteiger partial charge in [-0.3, -0.25) is 4.79 Å². The second-order valence-corrected chi connectivity index (χ2v) is 5.10.